The smallest absolute Gasteiger partial charge is 0.163 e. The third-order valence-corrected chi connectivity index (χ3v) is 9.70. The minimum atomic E-state index is -3.16. The SMILES string of the molecule is O=P(c1ccccc1)(c1ccccc1)[C@@H](NC1CCCCC1)c1cc(Br)ccc1O. The minimum absolute atomic E-state index is 0.165. The number of phenols is 1. The van der Waals surface area contributed by atoms with Crippen LogP contribution in [0.25, 0.3) is 0 Å². The van der Waals surface area contributed by atoms with Crippen molar-refractivity contribution >= 4 is 33.7 Å². The van der Waals surface area contributed by atoms with Crippen LogP contribution in [0.4, 0.5) is 0 Å². The zero-order chi connectivity index (χ0) is 21.0. The molecule has 0 bridgehead atoms. The predicted molar refractivity (Wildman–Crippen MR) is 128 cm³/mol. The Morgan fingerprint density at radius 1 is 0.867 bits per heavy atom. The van der Waals surface area contributed by atoms with E-state index in [4.69, 9.17) is 0 Å². The second kappa shape index (κ2) is 9.51. The van der Waals surface area contributed by atoms with Gasteiger partial charge in [0, 0.05) is 26.7 Å². The molecule has 1 aliphatic carbocycles. The molecule has 0 aliphatic heterocycles. The number of nitrogens with one attached hydrogen (secondary N) is 1. The summed E-state index contributed by atoms with van der Waals surface area (Å²) in [5, 5.41) is 16.1. The van der Waals surface area contributed by atoms with Crippen LogP contribution in [0.15, 0.2) is 83.3 Å². The van der Waals surface area contributed by atoms with Crippen LogP contribution in [0.5, 0.6) is 5.75 Å². The molecule has 4 rings (SSSR count). The predicted octanol–water partition coefficient (Wildman–Crippen LogP) is 6.09. The van der Waals surface area contributed by atoms with Crippen molar-refractivity contribution in [2.75, 3.05) is 0 Å². The lowest BCUT2D eigenvalue weighted by Crippen LogP contribution is -2.38. The maximum Gasteiger partial charge on any atom is 0.163 e. The van der Waals surface area contributed by atoms with Crippen molar-refractivity contribution in [3.63, 3.8) is 0 Å². The monoisotopic (exact) mass is 483 g/mol. The number of benzene rings is 3. The van der Waals surface area contributed by atoms with E-state index in [1.54, 1.807) is 6.07 Å². The molecule has 0 unspecified atom stereocenters. The van der Waals surface area contributed by atoms with Crippen molar-refractivity contribution in [1.29, 1.82) is 0 Å². The topological polar surface area (TPSA) is 49.3 Å². The first-order chi connectivity index (χ1) is 14.6. The van der Waals surface area contributed by atoms with Crippen molar-refractivity contribution < 1.29 is 9.67 Å². The number of halogens is 1. The zero-order valence-electron chi connectivity index (χ0n) is 16.9. The van der Waals surface area contributed by atoms with E-state index in [2.05, 4.69) is 21.2 Å². The van der Waals surface area contributed by atoms with Crippen LogP contribution in [0.2, 0.25) is 0 Å². The lowest BCUT2D eigenvalue weighted by molar-refractivity contribution is 0.361. The molecule has 1 saturated carbocycles. The molecule has 0 spiro atoms. The molecule has 0 amide bonds. The molecule has 1 aliphatic rings. The second-order valence-electron chi connectivity index (χ2n) is 7.94. The Kier molecular flexibility index (Phi) is 6.77. The molecule has 3 aromatic carbocycles. The van der Waals surface area contributed by atoms with Gasteiger partial charge in [-0.2, -0.15) is 0 Å². The molecule has 156 valence electrons. The van der Waals surface area contributed by atoms with Crippen LogP contribution in [0.1, 0.15) is 43.5 Å². The molecule has 1 atom stereocenters. The Labute approximate surface area is 187 Å². The first kappa shape index (κ1) is 21.4. The Hall–Kier alpha value is -1.87. The van der Waals surface area contributed by atoms with Gasteiger partial charge in [0.15, 0.2) is 7.14 Å². The number of hydrogen-bond acceptors (Lipinski definition) is 3. The van der Waals surface area contributed by atoms with Gasteiger partial charge >= 0.3 is 0 Å². The summed E-state index contributed by atoms with van der Waals surface area (Å²) in [6, 6.07) is 25.1. The molecular weight excluding hydrogens is 457 g/mol. The molecule has 0 aromatic heterocycles. The van der Waals surface area contributed by atoms with Crippen molar-refractivity contribution in [3.8, 4) is 5.75 Å². The highest BCUT2D eigenvalue weighted by molar-refractivity contribution is 9.10. The first-order valence-electron chi connectivity index (χ1n) is 10.5. The van der Waals surface area contributed by atoms with Crippen molar-refractivity contribution in [3.05, 3.63) is 88.9 Å². The largest absolute Gasteiger partial charge is 0.508 e. The molecule has 2 N–H and O–H groups in total. The Morgan fingerprint density at radius 2 is 1.43 bits per heavy atom. The summed E-state index contributed by atoms with van der Waals surface area (Å²) in [6.07, 6.45) is 5.73. The van der Waals surface area contributed by atoms with Gasteiger partial charge in [-0.1, -0.05) is 95.9 Å². The van der Waals surface area contributed by atoms with E-state index in [0.717, 1.165) is 27.9 Å². The van der Waals surface area contributed by atoms with E-state index < -0.39 is 12.9 Å². The van der Waals surface area contributed by atoms with Gasteiger partial charge in [-0.25, -0.2) is 0 Å². The molecule has 0 saturated heterocycles. The summed E-state index contributed by atoms with van der Waals surface area (Å²) >= 11 is 3.54. The second-order valence-corrected chi connectivity index (χ2v) is 11.7. The summed E-state index contributed by atoms with van der Waals surface area (Å²) in [6.45, 7) is 0. The third kappa shape index (κ3) is 4.42. The minimum Gasteiger partial charge on any atom is -0.508 e. The fourth-order valence-corrected chi connectivity index (χ4v) is 7.90. The molecule has 1 fully saturated rings. The van der Waals surface area contributed by atoms with Crippen LogP contribution in [0.3, 0.4) is 0 Å². The van der Waals surface area contributed by atoms with Gasteiger partial charge in [0.05, 0.1) is 5.78 Å². The average molecular weight is 484 g/mol. The molecular formula is C25H27BrNO2P. The summed E-state index contributed by atoms with van der Waals surface area (Å²) in [7, 11) is -3.16. The molecule has 0 radical (unpaired) electrons. The van der Waals surface area contributed by atoms with E-state index in [0.29, 0.717) is 5.56 Å². The number of rotatable bonds is 6. The van der Waals surface area contributed by atoms with E-state index >= 15 is 4.57 Å². The van der Waals surface area contributed by atoms with Gasteiger partial charge in [0.25, 0.3) is 0 Å². The standard InChI is InChI=1S/C25H27BrNO2P/c26-19-16-17-24(28)23(18-19)25(27-20-10-4-1-5-11-20)30(29,21-12-6-2-7-13-21)22-14-8-3-9-15-22/h2-3,6-9,12-18,20,25,27-28H,1,4-5,10-11H2/t25-/m1/s1. The number of phenolic OH excluding ortho intramolecular Hbond substituents is 1. The molecule has 5 heteroatoms. The average Bonchev–Trinajstić information content (AvgIpc) is 2.80. The maximum atomic E-state index is 15.1. The van der Waals surface area contributed by atoms with E-state index in [1.807, 2.05) is 72.8 Å². The van der Waals surface area contributed by atoms with Crippen LogP contribution >= 0.6 is 23.1 Å². The molecule has 3 aromatic rings. The van der Waals surface area contributed by atoms with Gasteiger partial charge in [0.1, 0.15) is 5.75 Å². The zero-order valence-corrected chi connectivity index (χ0v) is 19.4. The Balaban J connectivity index is 1.91. The van der Waals surface area contributed by atoms with Gasteiger partial charge in [-0.15, -0.1) is 0 Å². The number of hydrogen-bond donors (Lipinski definition) is 2. The van der Waals surface area contributed by atoms with Crippen molar-refractivity contribution in [2.45, 2.75) is 43.9 Å². The summed E-state index contributed by atoms with van der Waals surface area (Å²) in [4.78, 5) is 0. The summed E-state index contributed by atoms with van der Waals surface area (Å²) < 4.78 is 15.9. The van der Waals surface area contributed by atoms with Crippen LogP contribution in [-0.2, 0) is 4.57 Å². The molecule has 30 heavy (non-hydrogen) atoms. The first-order valence-corrected chi connectivity index (χ1v) is 13.1. The van der Waals surface area contributed by atoms with Gasteiger partial charge in [-0.3, -0.25) is 0 Å². The van der Waals surface area contributed by atoms with E-state index in [1.165, 1.54) is 19.3 Å². The van der Waals surface area contributed by atoms with Gasteiger partial charge in [0.2, 0.25) is 0 Å². The normalized spacial score (nSPS) is 16.3. The molecule has 3 nitrogen and oxygen atoms in total. The quantitative estimate of drug-likeness (QED) is 0.417. The van der Waals surface area contributed by atoms with Crippen molar-refractivity contribution in [1.82, 2.24) is 5.32 Å². The third-order valence-electron chi connectivity index (χ3n) is 5.93. The fraction of sp³-hybridized carbons (Fsp3) is 0.280. The van der Waals surface area contributed by atoms with E-state index in [9.17, 15) is 5.11 Å². The van der Waals surface area contributed by atoms with Crippen molar-refractivity contribution in [2.24, 2.45) is 0 Å². The fourth-order valence-electron chi connectivity index (χ4n) is 4.37. The van der Waals surface area contributed by atoms with Crippen LogP contribution in [-0.4, -0.2) is 11.1 Å². The van der Waals surface area contributed by atoms with E-state index in [-0.39, 0.29) is 11.8 Å². The number of aromatic hydroxyl groups is 1. The van der Waals surface area contributed by atoms with Gasteiger partial charge < -0.3 is 15.0 Å². The summed E-state index contributed by atoms with van der Waals surface area (Å²) in [5.41, 5.74) is 0.672. The van der Waals surface area contributed by atoms with Crippen LogP contribution < -0.4 is 15.9 Å². The molecule has 0 heterocycles. The highest BCUT2D eigenvalue weighted by atomic mass is 79.9. The maximum absolute atomic E-state index is 15.1. The lowest BCUT2D eigenvalue weighted by atomic mass is 9.95. The Bertz CT molecular complexity index is 976. The lowest BCUT2D eigenvalue weighted by Gasteiger charge is -2.35. The van der Waals surface area contributed by atoms with Crippen LogP contribution in [0, 0.1) is 0 Å². The highest BCUT2D eigenvalue weighted by Gasteiger charge is 2.40. The summed E-state index contributed by atoms with van der Waals surface area (Å²) in [5.74, 6) is -0.346. The Morgan fingerprint density at radius 3 is 2.00 bits per heavy atom. The highest BCUT2D eigenvalue weighted by Crippen LogP contribution is 2.57. The van der Waals surface area contributed by atoms with Gasteiger partial charge in [-0.05, 0) is 31.0 Å².